The van der Waals surface area contributed by atoms with Crippen LogP contribution in [0.15, 0.2) is 34.4 Å². The number of aryl methyl sites for hydroxylation is 1. The number of nitrogens with zero attached hydrogens (tertiary/aromatic N) is 4. The topological polar surface area (TPSA) is 64.7 Å². The van der Waals surface area contributed by atoms with E-state index in [-0.39, 0.29) is 0 Å². The van der Waals surface area contributed by atoms with Gasteiger partial charge in [0.1, 0.15) is 10.6 Å². The van der Waals surface area contributed by atoms with Gasteiger partial charge in [0.25, 0.3) is 5.89 Å². The molecule has 0 spiro atoms. The van der Waals surface area contributed by atoms with Gasteiger partial charge >= 0.3 is 0 Å². The molecule has 5 nitrogen and oxygen atoms in total. The highest BCUT2D eigenvalue weighted by Crippen LogP contribution is 2.26. The first kappa shape index (κ1) is 10.1. The van der Waals surface area contributed by atoms with Crippen LogP contribution in [0.5, 0.6) is 0 Å². The van der Waals surface area contributed by atoms with Gasteiger partial charge in [-0.15, -0.1) is 11.3 Å². The van der Waals surface area contributed by atoms with Crippen LogP contribution in [0.4, 0.5) is 0 Å². The van der Waals surface area contributed by atoms with E-state index < -0.39 is 0 Å². The Morgan fingerprint density at radius 3 is 2.88 bits per heavy atom. The van der Waals surface area contributed by atoms with Gasteiger partial charge in [0.05, 0.1) is 11.2 Å². The van der Waals surface area contributed by atoms with Crippen LogP contribution in [0.1, 0.15) is 5.69 Å². The van der Waals surface area contributed by atoms with Gasteiger partial charge in [-0.1, -0.05) is 11.2 Å². The van der Waals surface area contributed by atoms with Crippen LogP contribution in [0, 0.1) is 6.92 Å². The second kappa shape index (κ2) is 4.06. The van der Waals surface area contributed by atoms with Crippen LogP contribution < -0.4 is 0 Å². The molecule has 0 aliphatic carbocycles. The number of hydrogen-bond acceptors (Lipinski definition) is 6. The third kappa shape index (κ3) is 1.83. The molecule has 0 N–H and O–H groups in total. The second-order valence-electron chi connectivity index (χ2n) is 3.41. The standard InChI is InChI=1S/C11H8N4OS/c1-7-9(17-6-13-7)11-14-10(15-16-11)8-4-2-3-5-12-8/h2-6H,1H3. The average molecular weight is 244 g/mol. The van der Waals surface area contributed by atoms with Crippen molar-refractivity contribution in [1.29, 1.82) is 0 Å². The van der Waals surface area contributed by atoms with Crippen LogP contribution in [0.3, 0.4) is 0 Å². The van der Waals surface area contributed by atoms with Crippen molar-refractivity contribution in [1.82, 2.24) is 20.1 Å². The van der Waals surface area contributed by atoms with E-state index >= 15 is 0 Å². The normalized spacial score (nSPS) is 10.6. The van der Waals surface area contributed by atoms with Crippen molar-refractivity contribution in [2.45, 2.75) is 6.92 Å². The second-order valence-corrected chi connectivity index (χ2v) is 4.26. The molecule has 0 bridgehead atoms. The molecule has 0 unspecified atom stereocenters. The summed E-state index contributed by atoms with van der Waals surface area (Å²) in [6.07, 6.45) is 1.70. The Labute approximate surface area is 101 Å². The molecule has 0 fully saturated rings. The molecule has 0 atom stereocenters. The highest BCUT2D eigenvalue weighted by atomic mass is 32.1. The quantitative estimate of drug-likeness (QED) is 0.693. The van der Waals surface area contributed by atoms with Crippen molar-refractivity contribution in [3.05, 3.63) is 35.6 Å². The lowest BCUT2D eigenvalue weighted by atomic mass is 10.3. The largest absolute Gasteiger partial charge is 0.333 e. The molecular weight excluding hydrogens is 236 g/mol. The summed E-state index contributed by atoms with van der Waals surface area (Å²) < 4.78 is 5.21. The lowest BCUT2D eigenvalue weighted by molar-refractivity contribution is 0.432. The number of pyridine rings is 1. The minimum Gasteiger partial charge on any atom is -0.333 e. The summed E-state index contributed by atoms with van der Waals surface area (Å²) in [5, 5.41) is 3.91. The fraction of sp³-hybridized carbons (Fsp3) is 0.0909. The lowest BCUT2D eigenvalue weighted by Crippen LogP contribution is -1.84. The fourth-order valence-corrected chi connectivity index (χ4v) is 2.15. The summed E-state index contributed by atoms with van der Waals surface area (Å²) in [5.41, 5.74) is 3.35. The third-order valence-electron chi connectivity index (χ3n) is 2.26. The minimum atomic E-state index is 0.491. The molecule has 3 heterocycles. The van der Waals surface area contributed by atoms with E-state index in [0.29, 0.717) is 17.4 Å². The fourth-order valence-electron chi connectivity index (χ4n) is 1.42. The van der Waals surface area contributed by atoms with Gasteiger partial charge in [0, 0.05) is 6.20 Å². The van der Waals surface area contributed by atoms with E-state index in [1.54, 1.807) is 11.7 Å². The van der Waals surface area contributed by atoms with Crippen molar-refractivity contribution in [2.75, 3.05) is 0 Å². The van der Waals surface area contributed by atoms with Gasteiger partial charge in [-0.05, 0) is 19.1 Å². The first-order chi connectivity index (χ1) is 8.34. The number of hydrogen-bond donors (Lipinski definition) is 0. The van der Waals surface area contributed by atoms with Crippen LogP contribution in [0.2, 0.25) is 0 Å². The third-order valence-corrected chi connectivity index (χ3v) is 3.18. The molecule has 3 rings (SSSR count). The maximum absolute atomic E-state index is 5.21. The zero-order valence-corrected chi connectivity index (χ0v) is 9.81. The Hall–Kier alpha value is -2.08. The van der Waals surface area contributed by atoms with Crippen molar-refractivity contribution in [3.63, 3.8) is 0 Å². The first-order valence-corrected chi connectivity index (χ1v) is 5.88. The monoisotopic (exact) mass is 244 g/mol. The molecule has 3 aromatic heterocycles. The number of thiazole rings is 1. The molecule has 17 heavy (non-hydrogen) atoms. The maximum Gasteiger partial charge on any atom is 0.270 e. The molecule has 0 aliphatic heterocycles. The molecule has 0 aromatic carbocycles. The molecule has 0 aliphatic rings. The molecule has 0 saturated carbocycles. The Balaban J connectivity index is 2.02. The maximum atomic E-state index is 5.21. The molecule has 0 saturated heterocycles. The van der Waals surface area contributed by atoms with Gasteiger partial charge in [0.2, 0.25) is 5.82 Å². The summed E-state index contributed by atoms with van der Waals surface area (Å²) in [5.74, 6) is 0.985. The molecule has 3 aromatic rings. The molecule has 0 radical (unpaired) electrons. The van der Waals surface area contributed by atoms with E-state index in [4.69, 9.17) is 4.52 Å². The van der Waals surface area contributed by atoms with E-state index in [0.717, 1.165) is 10.6 Å². The Kier molecular flexibility index (Phi) is 2.41. The van der Waals surface area contributed by atoms with Gasteiger partial charge in [-0.25, -0.2) is 4.98 Å². The van der Waals surface area contributed by atoms with Crippen LogP contribution in [-0.4, -0.2) is 20.1 Å². The van der Waals surface area contributed by atoms with E-state index in [9.17, 15) is 0 Å². The predicted molar refractivity (Wildman–Crippen MR) is 63.4 cm³/mol. The van der Waals surface area contributed by atoms with Gasteiger partial charge < -0.3 is 4.52 Å². The molecule has 0 amide bonds. The SMILES string of the molecule is Cc1ncsc1-c1nc(-c2ccccn2)no1. The molecular formula is C11H8N4OS. The summed E-state index contributed by atoms with van der Waals surface area (Å²) in [7, 11) is 0. The minimum absolute atomic E-state index is 0.491. The van der Waals surface area contributed by atoms with Crippen molar-refractivity contribution in [2.24, 2.45) is 0 Å². The van der Waals surface area contributed by atoms with Crippen LogP contribution >= 0.6 is 11.3 Å². The average Bonchev–Trinajstić information content (AvgIpc) is 2.98. The highest BCUT2D eigenvalue weighted by Gasteiger charge is 2.14. The zero-order valence-electron chi connectivity index (χ0n) is 8.99. The van der Waals surface area contributed by atoms with E-state index in [1.165, 1.54) is 11.3 Å². The smallest absolute Gasteiger partial charge is 0.270 e. The molecule has 84 valence electrons. The Morgan fingerprint density at radius 2 is 2.18 bits per heavy atom. The molecule has 6 heteroatoms. The van der Waals surface area contributed by atoms with Gasteiger partial charge in [-0.3, -0.25) is 4.98 Å². The van der Waals surface area contributed by atoms with Crippen LogP contribution in [-0.2, 0) is 0 Å². The Bertz CT molecular complexity index is 632. The highest BCUT2D eigenvalue weighted by molar-refractivity contribution is 7.13. The first-order valence-electron chi connectivity index (χ1n) is 5.00. The summed E-state index contributed by atoms with van der Waals surface area (Å²) in [6, 6.07) is 5.57. The van der Waals surface area contributed by atoms with Gasteiger partial charge in [-0.2, -0.15) is 4.98 Å². The van der Waals surface area contributed by atoms with E-state index in [2.05, 4.69) is 20.1 Å². The lowest BCUT2D eigenvalue weighted by Gasteiger charge is -1.89. The van der Waals surface area contributed by atoms with E-state index in [1.807, 2.05) is 25.1 Å². The summed E-state index contributed by atoms with van der Waals surface area (Å²) in [4.78, 5) is 13.5. The van der Waals surface area contributed by atoms with Crippen molar-refractivity contribution >= 4 is 11.3 Å². The predicted octanol–water partition coefficient (Wildman–Crippen LogP) is 2.56. The van der Waals surface area contributed by atoms with Gasteiger partial charge in [0.15, 0.2) is 0 Å². The summed E-state index contributed by atoms with van der Waals surface area (Å²) >= 11 is 1.48. The summed E-state index contributed by atoms with van der Waals surface area (Å²) in [6.45, 7) is 1.91. The number of aromatic nitrogens is 4. The zero-order chi connectivity index (χ0) is 11.7. The van der Waals surface area contributed by atoms with Crippen molar-refractivity contribution in [3.8, 4) is 22.3 Å². The van der Waals surface area contributed by atoms with Crippen LogP contribution in [0.25, 0.3) is 22.3 Å². The van der Waals surface area contributed by atoms with Crippen molar-refractivity contribution < 1.29 is 4.52 Å². The number of rotatable bonds is 2. The Morgan fingerprint density at radius 1 is 1.24 bits per heavy atom.